The fraction of sp³-hybridized carbons (Fsp3) is 0.400. The van der Waals surface area contributed by atoms with Gasteiger partial charge in [0.15, 0.2) is 0 Å². The van der Waals surface area contributed by atoms with Gasteiger partial charge in [-0.3, -0.25) is 0 Å². The Kier molecular flexibility index (Phi) is 4.73. The predicted molar refractivity (Wildman–Crippen MR) is 82.7 cm³/mol. The molecule has 2 aromatic rings. The number of nitrogens with two attached hydrogens (primary N) is 1. The molecule has 0 fully saturated rings. The first kappa shape index (κ1) is 14.9. The van der Waals surface area contributed by atoms with E-state index in [2.05, 4.69) is 4.98 Å². The zero-order chi connectivity index (χ0) is 14.7. The van der Waals surface area contributed by atoms with Crippen molar-refractivity contribution in [2.45, 2.75) is 32.9 Å². The summed E-state index contributed by atoms with van der Waals surface area (Å²) in [5, 5.41) is 3.04. The number of nitrogens with zero attached hydrogens (tertiary/aromatic N) is 2. The number of hydrogen-bond donors (Lipinski definition) is 1. The van der Waals surface area contributed by atoms with Gasteiger partial charge in [-0.1, -0.05) is 6.07 Å². The number of rotatable bonds is 5. The lowest BCUT2D eigenvalue weighted by atomic mass is 10.1. The number of aryl methyl sites for hydroxylation is 1. The summed E-state index contributed by atoms with van der Waals surface area (Å²) in [6, 6.07) is 5.36. The molecule has 0 aliphatic rings. The van der Waals surface area contributed by atoms with E-state index in [9.17, 15) is 4.39 Å². The van der Waals surface area contributed by atoms with Crippen molar-refractivity contribution in [2.24, 2.45) is 5.73 Å². The highest BCUT2D eigenvalue weighted by Crippen LogP contribution is 2.22. The maximum atomic E-state index is 14.2. The van der Waals surface area contributed by atoms with E-state index in [1.807, 2.05) is 43.3 Å². The minimum Gasteiger partial charge on any atom is -0.366 e. The van der Waals surface area contributed by atoms with E-state index in [1.165, 1.54) is 0 Å². The number of thiazole rings is 1. The Morgan fingerprint density at radius 2 is 2.20 bits per heavy atom. The van der Waals surface area contributed by atoms with Gasteiger partial charge in [-0.25, -0.2) is 9.37 Å². The fourth-order valence-corrected chi connectivity index (χ4v) is 2.77. The second-order valence-corrected chi connectivity index (χ2v) is 6.24. The molecule has 1 aromatic carbocycles. The van der Waals surface area contributed by atoms with E-state index in [4.69, 9.17) is 5.73 Å². The van der Waals surface area contributed by atoms with Crippen LogP contribution in [0, 0.1) is 12.7 Å². The molecule has 1 unspecified atom stereocenters. The van der Waals surface area contributed by atoms with E-state index in [-0.39, 0.29) is 11.9 Å². The molecule has 5 heteroatoms. The molecule has 0 saturated carbocycles. The summed E-state index contributed by atoms with van der Waals surface area (Å²) in [6.07, 6.45) is 0.687. The van der Waals surface area contributed by atoms with Crippen molar-refractivity contribution in [1.82, 2.24) is 4.98 Å². The Hall–Kier alpha value is -1.46. The van der Waals surface area contributed by atoms with Gasteiger partial charge >= 0.3 is 0 Å². The molecule has 20 heavy (non-hydrogen) atoms. The fourth-order valence-electron chi connectivity index (χ4n) is 2.17. The summed E-state index contributed by atoms with van der Waals surface area (Å²) in [5.41, 5.74) is 8.22. The zero-order valence-electron chi connectivity index (χ0n) is 12.1. The topological polar surface area (TPSA) is 42.2 Å². The van der Waals surface area contributed by atoms with Gasteiger partial charge in [0.2, 0.25) is 0 Å². The van der Waals surface area contributed by atoms with Crippen LogP contribution < -0.4 is 10.6 Å². The monoisotopic (exact) mass is 293 g/mol. The van der Waals surface area contributed by atoms with Crippen LogP contribution in [0.5, 0.6) is 0 Å². The number of aromatic nitrogens is 1. The molecular weight excluding hydrogens is 273 g/mol. The summed E-state index contributed by atoms with van der Waals surface area (Å²) in [5.74, 6) is -0.211. The molecule has 0 radical (unpaired) electrons. The van der Waals surface area contributed by atoms with Gasteiger partial charge in [0.1, 0.15) is 5.82 Å². The highest BCUT2D eigenvalue weighted by molar-refractivity contribution is 7.09. The highest BCUT2D eigenvalue weighted by atomic mass is 32.1. The van der Waals surface area contributed by atoms with E-state index in [0.29, 0.717) is 18.7 Å². The third kappa shape index (κ3) is 3.77. The van der Waals surface area contributed by atoms with Crippen molar-refractivity contribution in [3.63, 3.8) is 0 Å². The highest BCUT2D eigenvalue weighted by Gasteiger charge is 2.11. The summed E-state index contributed by atoms with van der Waals surface area (Å²) in [4.78, 5) is 6.28. The molecule has 0 saturated heterocycles. The first-order valence-corrected chi connectivity index (χ1v) is 7.50. The van der Waals surface area contributed by atoms with Gasteiger partial charge in [0, 0.05) is 18.5 Å². The number of benzene rings is 1. The van der Waals surface area contributed by atoms with Crippen LogP contribution in [-0.2, 0) is 13.0 Å². The molecule has 0 spiro atoms. The smallest absolute Gasteiger partial charge is 0.146 e. The van der Waals surface area contributed by atoms with Crippen LogP contribution in [0.1, 0.15) is 23.2 Å². The second-order valence-electron chi connectivity index (χ2n) is 5.18. The Morgan fingerprint density at radius 3 is 2.75 bits per heavy atom. The Balaban J connectivity index is 2.11. The molecule has 0 aliphatic carbocycles. The lowest BCUT2D eigenvalue weighted by molar-refractivity contribution is 0.617. The standard InChI is InChI=1S/C15H20FN3S/c1-10(17)6-12-4-5-15(14(16)7-12)19(3)8-13-9-20-11(2)18-13/h4-5,7,9-10H,6,8,17H2,1-3H3. The van der Waals surface area contributed by atoms with E-state index in [0.717, 1.165) is 16.3 Å². The Labute approximate surface area is 123 Å². The largest absolute Gasteiger partial charge is 0.366 e. The molecule has 3 nitrogen and oxygen atoms in total. The SMILES string of the molecule is Cc1nc(CN(C)c2ccc(CC(C)N)cc2F)cs1. The summed E-state index contributed by atoms with van der Waals surface area (Å²) in [7, 11) is 1.87. The summed E-state index contributed by atoms with van der Waals surface area (Å²) >= 11 is 1.61. The van der Waals surface area contributed by atoms with E-state index in [1.54, 1.807) is 17.4 Å². The molecular formula is C15H20FN3S. The van der Waals surface area contributed by atoms with Crippen molar-refractivity contribution >= 4 is 17.0 Å². The number of halogens is 1. The van der Waals surface area contributed by atoms with Crippen molar-refractivity contribution in [3.8, 4) is 0 Å². The van der Waals surface area contributed by atoms with Crippen molar-refractivity contribution in [1.29, 1.82) is 0 Å². The predicted octanol–water partition coefficient (Wildman–Crippen LogP) is 3.12. The third-order valence-electron chi connectivity index (χ3n) is 3.05. The van der Waals surface area contributed by atoms with Gasteiger partial charge in [-0.15, -0.1) is 11.3 Å². The van der Waals surface area contributed by atoms with Crippen LogP contribution in [0.25, 0.3) is 0 Å². The van der Waals surface area contributed by atoms with Crippen LogP contribution in [0.3, 0.4) is 0 Å². The lowest BCUT2D eigenvalue weighted by Gasteiger charge is -2.19. The van der Waals surface area contributed by atoms with Crippen LogP contribution in [0.2, 0.25) is 0 Å². The molecule has 0 amide bonds. The molecule has 0 bridgehead atoms. The molecule has 2 N–H and O–H groups in total. The van der Waals surface area contributed by atoms with Crippen molar-refractivity contribution in [3.05, 3.63) is 45.7 Å². The van der Waals surface area contributed by atoms with Crippen LogP contribution in [0.15, 0.2) is 23.6 Å². The third-order valence-corrected chi connectivity index (χ3v) is 3.87. The van der Waals surface area contributed by atoms with Crippen LogP contribution >= 0.6 is 11.3 Å². The first-order valence-electron chi connectivity index (χ1n) is 6.62. The van der Waals surface area contributed by atoms with Crippen molar-refractivity contribution in [2.75, 3.05) is 11.9 Å². The average molecular weight is 293 g/mol. The van der Waals surface area contributed by atoms with Gasteiger partial charge in [-0.2, -0.15) is 0 Å². The minimum absolute atomic E-state index is 0.0379. The molecule has 108 valence electrons. The molecule has 1 atom stereocenters. The van der Waals surface area contributed by atoms with Gasteiger partial charge < -0.3 is 10.6 Å². The second kappa shape index (κ2) is 6.33. The lowest BCUT2D eigenvalue weighted by Crippen LogP contribution is -2.19. The van der Waals surface area contributed by atoms with Gasteiger partial charge in [-0.05, 0) is 38.0 Å². The van der Waals surface area contributed by atoms with Crippen LogP contribution in [-0.4, -0.2) is 18.1 Å². The van der Waals surface area contributed by atoms with Gasteiger partial charge in [0.25, 0.3) is 0 Å². The summed E-state index contributed by atoms with van der Waals surface area (Å²) in [6.45, 7) is 4.49. The van der Waals surface area contributed by atoms with E-state index < -0.39 is 0 Å². The minimum atomic E-state index is -0.211. The maximum Gasteiger partial charge on any atom is 0.146 e. The molecule has 0 aliphatic heterocycles. The quantitative estimate of drug-likeness (QED) is 0.921. The molecule has 1 heterocycles. The summed E-state index contributed by atoms with van der Waals surface area (Å²) < 4.78 is 14.2. The molecule has 2 rings (SSSR count). The van der Waals surface area contributed by atoms with Crippen molar-refractivity contribution < 1.29 is 4.39 Å². The molecule has 1 aromatic heterocycles. The Morgan fingerprint density at radius 1 is 1.45 bits per heavy atom. The first-order chi connectivity index (χ1) is 9.45. The number of anilines is 1. The van der Waals surface area contributed by atoms with E-state index >= 15 is 0 Å². The van der Waals surface area contributed by atoms with Gasteiger partial charge in [0.05, 0.1) is 22.9 Å². The number of hydrogen-bond acceptors (Lipinski definition) is 4. The zero-order valence-corrected chi connectivity index (χ0v) is 12.9. The normalized spacial score (nSPS) is 12.4. The van der Waals surface area contributed by atoms with Crippen LogP contribution in [0.4, 0.5) is 10.1 Å². The average Bonchev–Trinajstić information content (AvgIpc) is 2.73. The maximum absolute atomic E-state index is 14.2. The Bertz CT molecular complexity index is 580.